The van der Waals surface area contributed by atoms with E-state index in [1.54, 1.807) is 6.07 Å². The first-order valence-corrected chi connectivity index (χ1v) is 8.43. The first-order chi connectivity index (χ1) is 10.2. The van der Waals surface area contributed by atoms with Crippen LogP contribution < -0.4 is 10.2 Å². The molecular formula is C18H29FN2. The molecule has 21 heavy (non-hydrogen) atoms. The van der Waals surface area contributed by atoms with Crippen molar-refractivity contribution in [3.8, 4) is 0 Å². The van der Waals surface area contributed by atoms with Gasteiger partial charge in [0.05, 0.1) is 5.69 Å². The number of nitrogens with one attached hydrogen (secondary N) is 1. The molecule has 2 rings (SSSR count). The maximum Gasteiger partial charge on any atom is 0.146 e. The lowest BCUT2D eigenvalue weighted by atomic mass is 10.1. The van der Waals surface area contributed by atoms with Crippen LogP contribution in [-0.4, -0.2) is 19.6 Å². The molecule has 0 amide bonds. The van der Waals surface area contributed by atoms with Crippen LogP contribution in [0.25, 0.3) is 0 Å². The number of halogens is 1. The van der Waals surface area contributed by atoms with Crippen molar-refractivity contribution in [1.29, 1.82) is 0 Å². The first kappa shape index (κ1) is 16.3. The molecule has 0 bridgehead atoms. The second kappa shape index (κ2) is 7.79. The van der Waals surface area contributed by atoms with Gasteiger partial charge in [0.15, 0.2) is 0 Å². The topological polar surface area (TPSA) is 15.3 Å². The third-order valence-electron chi connectivity index (χ3n) is 4.18. The third-order valence-corrected chi connectivity index (χ3v) is 4.18. The zero-order chi connectivity index (χ0) is 15.2. The molecule has 0 radical (unpaired) electrons. The minimum Gasteiger partial charge on any atom is -0.369 e. The SMILES string of the molecule is CCCNC(C)c1ccc(N(CCC)CC2CC2)c(F)c1. The fourth-order valence-electron chi connectivity index (χ4n) is 2.72. The maximum atomic E-state index is 14.5. The Morgan fingerprint density at radius 2 is 2.05 bits per heavy atom. The largest absolute Gasteiger partial charge is 0.369 e. The van der Waals surface area contributed by atoms with Gasteiger partial charge in [0, 0.05) is 19.1 Å². The van der Waals surface area contributed by atoms with Crippen molar-refractivity contribution in [2.24, 2.45) is 5.92 Å². The lowest BCUT2D eigenvalue weighted by Gasteiger charge is -2.25. The van der Waals surface area contributed by atoms with Crippen molar-refractivity contribution >= 4 is 5.69 Å². The maximum absolute atomic E-state index is 14.5. The van der Waals surface area contributed by atoms with Crippen LogP contribution in [0, 0.1) is 11.7 Å². The summed E-state index contributed by atoms with van der Waals surface area (Å²) >= 11 is 0. The van der Waals surface area contributed by atoms with E-state index in [0.717, 1.165) is 49.6 Å². The second-order valence-electron chi connectivity index (χ2n) is 6.28. The van der Waals surface area contributed by atoms with Crippen molar-refractivity contribution in [3.05, 3.63) is 29.6 Å². The van der Waals surface area contributed by atoms with E-state index in [1.165, 1.54) is 12.8 Å². The van der Waals surface area contributed by atoms with Crippen LogP contribution in [0.15, 0.2) is 18.2 Å². The monoisotopic (exact) mass is 292 g/mol. The molecule has 1 unspecified atom stereocenters. The minimum atomic E-state index is -0.0771. The molecule has 3 heteroatoms. The predicted octanol–water partition coefficient (Wildman–Crippen LogP) is 4.51. The van der Waals surface area contributed by atoms with Crippen molar-refractivity contribution < 1.29 is 4.39 Å². The Hall–Kier alpha value is -1.09. The van der Waals surface area contributed by atoms with E-state index >= 15 is 0 Å². The molecule has 1 atom stereocenters. The number of rotatable bonds is 9. The van der Waals surface area contributed by atoms with E-state index in [9.17, 15) is 4.39 Å². The fourth-order valence-corrected chi connectivity index (χ4v) is 2.72. The number of hydrogen-bond acceptors (Lipinski definition) is 2. The van der Waals surface area contributed by atoms with Crippen LogP contribution in [0.3, 0.4) is 0 Å². The van der Waals surface area contributed by atoms with Crippen molar-refractivity contribution in [1.82, 2.24) is 5.32 Å². The molecule has 0 spiro atoms. The average molecular weight is 292 g/mol. The Balaban J connectivity index is 2.08. The number of hydrogen-bond donors (Lipinski definition) is 1. The van der Waals surface area contributed by atoms with Crippen LogP contribution in [-0.2, 0) is 0 Å². The van der Waals surface area contributed by atoms with Crippen LogP contribution >= 0.6 is 0 Å². The molecule has 1 saturated carbocycles. The summed E-state index contributed by atoms with van der Waals surface area (Å²) in [6.45, 7) is 9.31. The van der Waals surface area contributed by atoms with E-state index in [2.05, 4.69) is 37.1 Å². The molecule has 1 aromatic carbocycles. The highest BCUT2D eigenvalue weighted by molar-refractivity contribution is 5.49. The smallest absolute Gasteiger partial charge is 0.146 e. The van der Waals surface area contributed by atoms with E-state index in [4.69, 9.17) is 0 Å². The van der Waals surface area contributed by atoms with Gasteiger partial charge in [0.2, 0.25) is 0 Å². The third kappa shape index (κ3) is 4.70. The zero-order valence-corrected chi connectivity index (χ0v) is 13.7. The highest BCUT2D eigenvalue weighted by atomic mass is 19.1. The zero-order valence-electron chi connectivity index (χ0n) is 13.7. The molecule has 118 valence electrons. The Kier molecular flexibility index (Phi) is 6.04. The van der Waals surface area contributed by atoms with Crippen LogP contribution in [0.4, 0.5) is 10.1 Å². The normalized spacial score (nSPS) is 16.0. The Bertz CT molecular complexity index is 443. The number of anilines is 1. The van der Waals surface area contributed by atoms with Gasteiger partial charge in [0.25, 0.3) is 0 Å². The Morgan fingerprint density at radius 3 is 2.62 bits per heavy atom. The van der Waals surface area contributed by atoms with Crippen molar-refractivity contribution in [2.75, 3.05) is 24.5 Å². The van der Waals surface area contributed by atoms with E-state index in [-0.39, 0.29) is 11.9 Å². The molecule has 1 aromatic rings. The summed E-state index contributed by atoms with van der Waals surface area (Å²) < 4.78 is 14.5. The van der Waals surface area contributed by atoms with Gasteiger partial charge in [0.1, 0.15) is 5.82 Å². The van der Waals surface area contributed by atoms with E-state index in [0.29, 0.717) is 0 Å². The molecule has 0 aliphatic heterocycles. The van der Waals surface area contributed by atoms with Crippen molar-refractivity contribution in [3.63, 3.8) is 0 Å². The molecule has 1 fully saturated rings. The highest BCUT2D eigenvalue weighted by Gasteiger charge is 2.25. The lowest BCUT2D eigenvalue weighted by Crippen LogP contribution is -2.27. The fraction of sp³-hybridized carbons (Fsp3) is 0.667. The van der Waals surface area contributed by atoms with Gasteiger partial charge in [-0.15, -0.1) is 0 Å². The predicted molar refractivity (Wildman–Crippen MR) is 88.3 cm³/mol. The van der Waals surface area contributed by atoms with Gasteiger partial charge in [-0.2, -0.15) is 0 Å². The summed E-state index contributed by atoms with van der Waals surface area (Å²) in [5, 5.41) is 3.41. The molecule has 0 heterocycles. The van der Waals surface area contributed by atoms with Gasteiger partial charge in [-0.3, -0.25) is 0 Å². The number of benzene rings is 1. The molecule has 1 N–H and O–H groups in total. The quantitative estimate of drug-likeness (QED) is 0.720. The van der Waals surface area contributed by atoms with Crippen LogP contribution in [0.5, 0.6) is 0 Å². The Morgan fingerprint density at radius 1 is 1.29 bits per heavy atom. The minimum absolute atomic E-state index is 0.0771. The van der Waals surface area contributed by atoms with Gasteiger partial charge in [-0.1, -0.05) is 19.9 Å². The van der Waals surface area contributed by atoms with Gasteiger partial charge in [-0.25, -0.2) is 4.39 Å². The van der Waals surface area contributed by atoms with Crippen LogP contribution in [0.2, 0.25) is 0 Å². The highest BCUT2D eigenvalue weighted by Crippen LogP contribution is 2.32. The Labute approximate surface area is 128 Å². The summed E-state index contributed by atoms with van der Waals surface area (Å²) in [6, 6.07) is 5.95. The van der Waals surface area contributed by atoms with Gasteiger partial charge in [-0.05, 0) is 62.8 Å². The van der Waals surface area contributed by atoms with Crippen molar-refractivity contribution in [2.45, 2.75) is 52.5 Å². The summed E-state index contributed by atoms with van der Waals surface area (Å²) in [4.78, 5) is 2.22. The standard InChI is InChI=1S/C18H29FN2/c1-4-10-20-14(3)16-8-9-18(17(19)12-16)21(11-5-2)13-15-6-7-15/h8-9,12,14-15,20H,4-7,10-11,13H2,1-3H3. The van der Waals surface area contributed by atoms with Gasteiger partial charge < -0.3 is 10.2 Å². The second-order valence-corrected chi connectivity index (χ2v) is 6.28. The van der Waals surface area contributed by atoms with E-state index < -0.39 is 0 Å². The van der Waals surface area contributed by atoms with Gasteiger partial charge >= 0.3 is 0 Å². The molecule has 0 aromatic heterocycles. The average Bonchev–Trinajstić information content (AvgIpc) is 3.28. The molecule has 2 nitrogen and oxygen atoms in total. The molecular weight excluding hydrogens is 263 g/mol. The lowest BCUT2D eigenvalue weighted by molar-refractivity contribution is 0.560. The molecule has 1 aliphatic rings. The summed E-state index contributed by atoms with van der Waals surface area (Å²) in [7, 11) is 0. The summed E-state index contributed by atoms with van der Waals surface area (Å²) in [5.74, 6) is 0.701. The summed E-state index contributed by atoms with van der Waals surface area (Å²) in [6.07, 6.45) is 4.76. The molecule has 1 aliphatic carbocycles. The van der Waals surface area contributed by atoms with E-state index in [1.807, 2.05) is 6.07 Å². The first-order valence-electron chi connectivity index (χ1n) is 8.43. The summed E-state index contributed by atoms with van der Waals surface area (Å²) in [5.41, 5.74) is 1.81. The number of nitrogens with zero attached hydrogens (tertiary/aromatic N) is 1. The molecule has 0 saturated heterocycles. The van der Waals surface area contributed by atoms with Crippen LogP contribution in [0.1, 0.15) is 58.1 Å².